The number of aryl methyl sites for hydroxylation is 1. The second-order valence-electron chi connectivity index (χ2n) is 4.07. The number of nitrogens with one attached hydrogen (secondary N) is 1. The van der Waals surface area contributed by atoms with Crippen LogP contribution in [0.2, 0.25) is 0 Å². The van der Waals surface area contributed by atoms with Gasteiger partial charge in [0.2, 0.25) is 0 Å². The van der Waals surface area contributed by atoms with Crippen LogP contribution in [0.4, 0.5) is 0 Å². The number of amides is 1. The number of rotatable bonds is 4. The lowest BCUT2D eigenvalue weighted by Crippen LogP contribution is -2.33. The van der Waals surface area contributed by atoms with Crippen molar-refractivity contribution in [3.63, 3.8) is 0 Å². The summed E-state index contributed by atoms with van der Waals surface area (Å²) in [6, 6.07) is 10.6. The minimum absolute atomic E-state index is 0.0969. The van der Waals surface area contributed by atoms with Crippen molar-refractivity contribution in [3.8, 4) is 0 Å². The molecule has 19 heavy (non-hydrogen) atoms. The summed E-state index contributed by atoms with van der Waals surface area (Å²) < 4.78 is 5.16. The van der Waals surface area contributed by atoms with Crippen molar-refractivity contribution in [2.75, 3.05) is 0 Å². The van der Waals surface area contributed by atoms with E-state index in [2.05, 4.69) is 5.32 Å². The molecule has 0 fully saturated rings. The van der Waals surface area contributed by atoms with Crippen molar-refractivity contribution < 1.29 is 19.1 Å². The van der Waals surface area contributed by atoms with E-state index < -0.39 is 17.9 Å². The van der Waals surface area contributed by atoms with Crippen LogP contribution in [-0.2, 0) is 4.79 Å². The van der Waals surface area contributed by atoms with Gasteiger partial charge in [-0.15, -0.1) is 0 Å². The number of carboxylic acids is 1. The topological polar surface area (TPSA) is 79.5 Å². The smallest absolute Gasteiger partial charge is 0.330 e. The molecule has 5 heteroatoms. The molecule has 1 amide bonds. The van der Waals surface area contributed by atoms with E-state index in [0.29, 0.717) is 11.3 Å². The average molecular weight is 259 g/mol. The SMILES string of the molecule is Cc1ccc(C(=O)NC(C(=O)O)c2ccccc2)o1. The number of hydrogen-bond donors (Lipinski definition) is 2. The Morgan fingerprint density at radius 3 is 2.37 bits per heavy atom. The molecule has 0 aliphatic heterocycles. The molecular formula is C14H13NO4. The largest absolute Gasteiger partial charge is 0.479 e. The van der Waals surface area contributed by atoms with Crippen LogP contribution in [-0.4, -0.2) is 17.0 Å². The highest BCUT2D eigenvalue weighted by atomic mass is 16.4. The molecule has 1 aromatic heterocycles. The van der Waals surface area contributed by atoms with Crippen LogP contribution >= 0.6 is 0 Å². The maximum absolute atomic E-state index is 11.9. The van der Waals surface area contributed by atoms with Crippen molar-refractivity contribution in [2.45, 2.75) is 13.0 Å². The van der Waals surface area contributed by atoms with E-state index in [0.717, 1.165) is 0 Å². The van der Waals surface area contributed by atoms with Gasteiger partial charge >= 0.3 is 5.97 Å². The van der Waals surface area contributed by atoms with Gasteiger partial charge in [-0.25, -0.2) is 4.79 Å². The van der Waals surface area contributed by atoms with Crippen molar-refractivity contribution in [1.82, 2.24) is 5.32 Å². The quantitative estimate of drug-likeness (QED) is 0.881. The predicted octanol–water partition coefficient (Wildman–Crippen LogP) is 2.14. The number of aliphatic carboxylic acids is 1. The third kappa shape index (κ3) is 3.01. The van der Waals surface area contributed by atoms with Gasteiger partial charge in [0.25, 0.3) is 5.91 Å². The molecule has 98 valence electrons. The maximum atomic E-state index is 11.9. The number of carboxylic acid groups (broad SMARTS) is 1. The van der Waals surface area contributed by atoms with Crippen LogP contribution in [0.5, 0.6) is 0 Å². The average Bonchev–Trinajstić information content (AvgIpc) is 2.83. The zero-order valence-corrected chi connectivity index (χ0v) is 10.3. The van der Waals surface area contributed by atoms with E-state index in [9.17, 15) is 14.7 Å². The van der Waals surface area contributed by atoms with E-state index in [1.54, 1.807) is 43.3 Å². The third-order valence-corrected chi connectivity index (χ3v) is 2.62. The summed E-state index contributed by atoms with van der Waals surface area (Å²) in [6.07, 6.45) is 0. The van der Waals surface area contributed by atoms with Gasteiger partial charge < -0.3 is 14.8 Å². The van der Waals surface area contributed by atoms with Crippen LogP contribution in [0.15, 0.2) is 46.9 Å². The lowest BCUT2D eigenvalue weighted by Gasteiger charge is -2.13. The maximum Gasteiger partial charge on any atom is 0.330 e. The standard InChI is InChI=1S/C14H13NO4/c1-9-7-8-11(19-9)13(16)15-12(14(17)18)10-5-3-2-4-6-10/h2-8,12H,1H3,(H,15,16)(H,17,18). The molecule has 1 unspecified atom stereocenters. The molecule has 0 aliphatic carbocycles. The number of carbonyl (C=O) groups excluding carboxylic acids is 1. The van der Waals surface area contributed by atoms with Gasteiger partial charge in [0.05, 0.1) is 0 Å². The lowest BCUT2D eigenvalue weighted by molar-refractivity contribution is -0.139. The second kappa shape index (κ2) is 5.39. The van der Waals surface area contributed by atoms with Crippen LogP contribution in [0.25, 0.3) is 0 Å². The molecule has 1 heterocycles. The molecule has 2 N–H and O–H groups in total. The molecule has 5 nitrogen and oxygen atoms in total. The minimum atomic E-state index is -1.12. The van der Waals surface area contributed by atoms with Crippen molar-refractivity contribution >= 4 is 11.9 Å². The van der Waals surface area contributed by atoms with Gasteiger partial charge in [-0.3, -0.25) is 4.79 Å². The number of benzene rings is 1. The van der Waals surface area contributed by atoms with Gasteiger partial charge in [-0.1, -0.05) is 30.3 Å². The lowest BCUT2D eigenvalue weighted by atomic mass is 10.1. The summed E-state index contributed by atoms with van der Waals surface area (Å²) in [6.45, 7) is 1.71. The van der Waals surface area contributed by atoms with Crippen LogP contribution in [0, 0.1) is 6.92 Å². The first-order valence-electron chi connectivity index (χ1n) is 5.73. The molecule has 0 bridgehead atoms. The second-order valence-corrected chi connectivity index (χ2v) is 4.07. The highest BCUT2D eigenvalue weighted by Gasteiger charge is 2.23. The van der Waals surface area contributed by atoms with E-state index in [1.807, 2.05) is 0 Å². The highest BCUT2D eigenvalue weighted by molar-refractivity contribution is 5.94. The summed E-state index contributed by atoms with van der Waals surface area (Å²) >= 11 is 0. The van der Waals surface area contributed by atoms with E-state index >= 15 is 0 Å². The van der Waals surface area contributed by atoms with Crippen LogP contribution in [0.1, 0.15) is 27.9 Å². The van der Waals surface area contributed by atoms with Gasteiger partial charge in [-0.05, 0) is 24.6 Å². The molecule has 1 aromatic carbocycles. The molecule has 0 spiro atoms. The Balaban J connectivity index is 2.18. The summed E-state index contributed by atoms with van der Waals surface area (Å²) in [7, 11) is 0. The Morgan fingerprint density at radius 2 is 1.84 bits per heavy atom. The monoisotopic (exact) mass is 259 g/mol. The van der Waals surface area contributed by atoms with E-state index in [4.69, 9.17) is 4.42 Å². The Morgan fingerprint density at radius 1 is 1.16 bits per heavy atom. The summed E-state index contributed by atoms with van der Waals surface area (Å²) in [5, 5.41) is 11.6. The van der Waals surface area contributed by atoms with Crippen molar-refractivity contribution in [1.29, 1.82) is 0 Å². The number of carbonyl (C=O) groups is 2. The van der Waals surface area contributed by atoms with Crippen LogP contribution < -0.4 is 5.32 Å². The molecule has 0 saturated heterocycles. The first-order chi connectivity index (χ1) is 9.08. The molecular weight excluding hydrogens is 246 g/mol. The predicted molar refractivity (Wildman–Crippen MR) is 67.7 cm³/mol. The first-order valence-corrected chi connectivity index (χ1v) is 5.73. The summed E-state index contributed by atoms with van der Waals surface area (Å²) in [4.78, 5) is 23.1. The zero-order chi connectivity index (χ0) is 13.8. The molecule has 0 radical (unpaired) electrons. The Bertz CT molecular complexity index is 589. The van der Waals surface area contributed by atoms with Crippen molar-refractivity contribution in [3.05, 3.63) is 59.5 Å². The number of hydrogen-bond acceptors (Lipinski definition) is 3. The zero-order valence-electron chi connectivity index (χ0n) is 10.3. The molecule has 2 rings (SSSR count). The fourth-order valence-electron chi connectivity index (χ4n) is 1.69. The fraction of sp³-hybridized carbons (Fsp3) is 0.143. The minimum Gasteiger partial charge on any atom is -0.479 e. The fourth-order valence-corrected chi connectivity index (χ4v) is 1.69. The van der Waals surface area contributed by atoms with Gasteiger partial charge in [0, 0.05) is 0 Å². The number of furan rings is 1. The highest BCUT2D eigenvalue weighted by Crippen LogP contribution is 2.14. The molecule has 0 saturated carbocycles. The molecule has 1 atom stereocenters. The van der Waals surface area contributed by atoms with Crippen molar-refractivity contribution in [2.24, 2.45) is 0 Å². The Kier molecular flexibility index (Phi) is 3.66. The Hall–Kier alpha value is -2.56. The summed E-state index contributed by atoms with van der Waals surface area (Å²) in [5.74, 6) is -0.983. The van der Waals surface area contributed by atoms with E-state index in [1.165, 1.54) is 6.07 Å². The molecule has 2 aromatic rings. The Labute approximate surface area is 109 Å². The third-order valence-electron chi connectivity index (χ3n) is 2.62. The van der Waals surface area contributed by atoms with E-state index in [-0.39, 0.29) is 5.76 Å². The van der Waals surface area contributed by atoms with Gasteiger partial charge in [0.1, 0.15) is 5.76 Å². The van der Waals surface area contributed by atoms with Crippen LogP contribution in [0.3, 0.4) is 0 Å². The normalized spacial score (nSPS) is 11.8. The molecule has 0 aliphatic rings. The van der Waals surface area contributed by atoms with Gasteiger partial charge in [0.15, 0.2) is 11.8 Å². The van der Waals surface area contributed by atoms with Gasteiger partial charge in [-0.2, -0.15) is 0 Å². The summed E-state index contributed by atoms with van der Waals surface area (Å²) in [5.41, 5.74) is 0.506. The first kappa shape index (κ1) is 12.9.